The lowest BCUT2D eigenvalue weighted by Gasteiger charge is -2.27. The molecule has 0 aliphatic carbocycles. The number of likely N-dealkylation sites (tertiary alicyclic amines) is 1. The molecule has 2 aromatic carbocycles. The monoisotopic (exact) mass is 509 g/mol. The van der Waals surface area contributed by atoms with Gasteiger partial charge >= 0.3 is 0 Å². The second-order valence-corrected chi connectivity index (χ2v) is 9.30. The Morgan fingerprint density at radius 3 is 2.27 bits per heavy atom. The van der Waals surface area contributed by atoms with Crippen molar-refractivity contribution in [3.8, 4) is 5.75 Å². The standard InChI is InChI=1S/C28H35N3O6/c1-3-5-14-29(15-6-4-2)16-9-17-30-25(20-10-8-13-23(32)19-20)24(27(34)28(30)35)26(33)21-11-7-12-22(18-21)31(36)37/h7-8,10-13,18-19,25,32-33H,3-6,9,14-17H2,1-2H3/t25-/m0/s1. The van der Waals surface area contributed by atoms with Crippen molar-refractivity contribution in [1.82, 2.24) is 9.80 Å². The molecule has 9 nitrogen and oxygen atoms in total. The lowest BCUT2D eigenvalue weighted by molar-refractivity contribution is -0.384. The Balaban J connectivity index is 1.96. The fraction of sp³-hybridized carbons (Fsp3) is 0.429. The van der Waals surface area contributed by atoms with Crippen LogP contribution < -0.4 is 0 Å². The Kier molecular flexibility index (Phi) is 9.79. The summed E-state index contributed by atoms with van der Waals surface area (Å²) in [4.78, 5) is 40.8. The molecule has 1 saturated heterocycles. The van der Waals surface area contributed by atoms with Crippen molar-refractivity contribution in [3.63, 3.8) is 0 Å². The highest BCUT2D eigenvalue weighted by molar-refractivity contribution is 6.46. The van der Waals surface area contributed by atoms with Crippen LogP contribution in [-0.4, -0.2) is 62.8 Å². The smallest absolute Gasteiger partial charge is 0.295 e. The second kappa shape index (κ2) is 13.0. The molecule has 3 rings (SSSR count). The first kappa shape index (κ1) is 27.9. The van der Waals surface area contributed by atoms with Crippen LogP contribution in [0.1, 0.15) is 63.1 Å². The lowest BCUT2D eigenvalue weighted by Crippen LogP contribution is -2.34. The number of rotatable bonds is 13. The number of Topliss-reactive ketones (excluding diaryl/α,β-unsaturated/α-hetero) is 1. The third-order valence-electron chi connectivity index (χ3n) is 6.59. The number of non-ortho nitro benzene ring substituents is 1. The number of aliphatic hydroxyl groups excluding tert-OH is 1. The number of nitro groups is 1. The quantitative estimate of drug-likeness (QED) is 0.128. The molecule has 37 heavy (non-hydrogen) atoms. The summed E-state index contributed by atoms with van der Waals surface area (Å²) >= 11 is 0. The van der Waals surface area contributed by atoms with E-state index < -0.39 is 28.4 Å². The first-order chi connectivity index (χ1) is 17.8. The molecule has 2 N–H and O–H groups in total. The van der Waals surface area contributed by atoms with Crippen molar-refractivity contribution < 1.29 is 24.7 Å². The van der Waals surface area contributed by atoms with Crippen LogP contribution in [0, 0.1) is 10.1 Å². The summed E-state index contributed by atoms with van der Waals surface area (Å²) in [5.74, 6) is -2.12. The number of carbonyl (C=O) groups is 2. The van der Waals surface area contributed by atoms with Gasteiger partial charge in [0.2, 0.25) is 0 Å². The maximum absolute atomic E-state index is 13.2. The number of unbranched alkanes of at least 4 members (excludes halogenated alkanes) is 2. The van der Waals surface area contributed by atoms with Crippen LogP contribution in [0.2, 0.25) is 0 Å². The molecule has 0 spiro atoms. The number of hydrogen-bond acceptors (Lipinski definition) is 7. The molecule has 9 heteroatoms. The number of hydrogen-bond donors (Lipinski definition) is 2. The number of nitrogens with zero attached hydrogens (tertiary/aromatic N) is 3. The number of amides is 1. The molecule has 1 fully saturated rings. The van der Waals surface area contributed by atoms with Crippen molar-refractivity contribution in [2.24, 2.45) is 0 Å². The summed E-state index contributed by atoms with van der Waals surface area (Å²) in [6.45, 7) is 7.28. The van der Waals surface area contributed by atoms with Crippen LogP contribution in [-0.2, 0) is 9.59 Å². The van der Waals surface area contributed by atoms with E-state index in [9.17, 15) is 29.9 Å². The molecule has 1 aliphatic rings. The predicted octanol–water partition coefficient (Wildman–Crippen LogP) is 5.01. The normalized spacial score (nSPS) is 17.1. The third-order valence-corrected chi connectivity index (χ3v) is 6.59. The van der Waals surface area contributed by atoms with Crippen molar-refractivity contribution in [3.05, 3.63) is 75.3 Å². The predicted molar refractivity (Wildman–Crippen MR) is 141 cm³/mol. The molecular weight excluding hydrogens is 474 g/mol. The van der Waals surface area contributed by atoms with Crippen molar-refractivity contribution in [1.29, 1.82) is 0 Å². The van der Waals surface area contributed by atoms with Crippen LogP contribution in [0.4, 0.5) is 5.69 Å². The number of aliphatic hydroxyl groups is 1. The minimum absolute atomic E-state index is 0.0382. The molecule has 1 heterocycles. The van der Waals surface area contributed by atoms with Crippen LogP contribution in [0.25, 0.3) is 5.76 Å². The molecular formula is C28H35N3O6. The zero-order valence-corrected chi connectivity index (χ0v) is 21.4. The Morgan fingerprint density at radius 1 is 1.00 bits per heavy atom. The highest BCUT2D eigenvalue weighted by atomic mass is 16.6. The van der Waals surface area contributed by atoms with E-state index in [1.54, 1.807) is 12.1 Å². The molecule has 0 saturated carbocycles. The Morgan fingerprint density at radius 2 is 1.65 bits per heavy atom. The van der Waals surface area contributed by atoms with Gasteiger partial charge in [0, 0.05) is 24.2 Å². The number of phenols is 1. The molecule has 0 unspecified atom stereocenters. The zero-order valence-electron chi connectivity index (χ0n) is 21.4. The molecule has 1 amide bonds. The summed E-state index contributed by atoms with van der Waals surface area (Å²) in [7, 11) is 0. The number of aromatic hydroxyl groups is 1. The molecule has 0 bridgehead atoms. The fourth-order valence-electron chi connectivity index (χ4n) is 4.64. The number of carbonyl (C=O) groups excluding carboxylic acids is 2. The minimum Gasteiger partial charge on any atom is -0.508 e. The minimum atomic E-state index is -0.925. The van der Waals surface area contributed by atoms with Gasteiger partial charge in [0.1, 0.15) is 11.5 Å². The van der Waals surface area contributed by atoms with Gasteiger partial charge in [0.05, 0.1) is 16.5 Å². The summed E-state index contributed by atoms with van der Waals surface area (Å²) in [6.07, 6.45) is 4.98. The van der Waals surface area contributed by atoms with Gasteiger partial charge in [-0.05, 0) is 56.6 Å². The van der Waals surface area contributed by atoms with Gasteiger partial charge in [-0.15, -0.1) is 0 Å². The molecule has 1 aliphatic heterocycles. The van der Waals surface area contributed by atoms with Gasteiger partial charge in [-0.3, -0.25) is 19.7 Å². The van der Waals surface area contributed by atoms with Gasteiger partial charge in [0.25, 0.3) is 17.4 Å². The van der Waals surface area contributed by atoms with Crippen LogP contribution in [0.5, 0.6) is 5.75 Å². The number of nitro benzene ring substituents is 1. The summed E-state index contributed by atoms with van der Waals surface area (Å²) in [6, 6.07) is 10.6. The lowest BCUT2D eigenvalue weighted by atomic mass is 9.95. The van der Waals surface area contributed by atoms with Gasteiger partial charge in [-0.25, -0.2) is 0 Å². The highest BCUT2D eigenvalue weighted by Gasteiger charge is 2.46. The van der Waals surface area contributed by atoms with Crippen molar-refractivity contribution >= 4 is 23.1 Å². The largest absolute Gasteiger partial charge is 0.508 e. The SMILES string of the molecule is CCCCN(CCCC)CCCN1C(=O)C(=O)C(=C(O)c2cccc([N+](=O)[O-])c2)[C@@H]1c1cccc(O)c1. The average Bonchev–Trinajstić information content (AvgIpc) is 3.14. The molecule has 1 atom stereocenters. The summed E-state index contributed by atoms with van der Waals surface area (Å²) in [5.41, 5.74) is 0.152. The van der Waals surface area contributed by atoms with Crippen LogP contribution in [0.3, 0.4) is 0 Å². The van der Waals surface area contributed by atoms with Gasteiger partial charge in [0.15, 0.2) is 0 Å². The summed E-state index contributed by atoms with van der Waals surface area (Å²) < 4.78 is 0. The third kappa shape index (κ3) is 6.74. The molecule has 198 valence electrons. The van der Waals surface area contributed by atoms with E-state index in [4.69, 9.17) is 0 Å². The van der Waals surface area contributed by atoms with E-state index in [1.807, 2.05) is 0 Å². The maximum Gasteiger partial charge on any atom is 0.295 e. The van der Waals surface area contributed by atoms with Gasteiger partial charge in [-0.1, -0.05) is 51.0 Å². The second-order valence-electron chi connectivity index (χ2n) is 9.30. The fourth-order valence-corrected chi connectivity index (χ4v) is 4.64. The number of phenolic OH excluding ortho intramolecular Hbond substituents is 1. The van der Waals surface area contributed by atoms with Crippen molar-refractivity contribution in [2.75, 3.05) is 26.2 Å². The van der Waals surface area contributed by atoms with Crippen LogP contribution in [0.15, 0.2) is 54.1 Å². The average molecular weight is 510 g/mol. The van der Waals surface area contributed by atoms with E-state index in [-0.39, 0.29) is 29.1 Å². The van der Waals surface area contributed by atoms with E-state index in [0.717, 1.165) is 45.3 Å². The van der Waals surface area contributed by atoms with Crippen molar-refractivity contribution in [2.45, 2.75) is 52.0 Å². The van der Waals surface area contributed by atoms with E-state index in [1.165, 1.54) is 41.3 Å². The Hall–Kier alpha value is -3.72. The Bertz CT molecular complexity index is 1150. The number of benzene rings is 2. The topological polar surface area (TPSA) is 124 Å². The molecule has 0 radical (unpaired) electrons. The maximum atomic E-state index is 13.2. The van der Waals surface area contributed by atoms with E-state index >= 15 is 0 Å². The highest BCUT2D eigenvalue weighted by Crippen LogP contribution is 2.40. The first-order valence-corrected chi connectivity index (χ1v) is 12.8. The first-order valence-electron chi connectivity index (χ1n) is 12.8. The molecule has 2 aromatic rings. The van der Waals surface area contributed by atoms with Gasteiger partial charge < -0.3 is 20.0 Å². The van der Waals surface area contributed by atoms with E-state index in [2.05, 4.69) is 18.7 Å². The molecule has 0 aromatic heterocycles. The number of ketones is 1. The zero-order chi connectivity index (χ0) is 26.9. The summed E-state index contributed by atoms with van der Waals surface area (Å²) in [5, 5.41) is 32.5. The van der Waals surface area contributed by atoms with Crippen LogP contribution >= 0.6 is 0 Å². The Labute approximate surface area is 217 Å². The van der Waals surface area contributed by atoms with E-state index in [0.29, 0.717) is 12.0 Å². The van der Waals surface area contributed by atoms with Gasteiger partial charge in [-0.2, -0.15) is 0 Å².